The maximum atomic E-state index is 8.59. The molecule has 2 aromatic rings. The molecular weight excluding hydrogens is 220 g/mol. The van der Waals surface area contributed by atoms with E-state index in [1.54, 1.807) is 16.8 Å². The Morgan fingerprint density at radius 2 is 2.17 bits per heavy atom. The Hall–Kier alpha value is -1.41. The molecule has 2 rings (SSSR count). The monoisotopic (exact) mass is 222 g/mol. The SMILES string of the molecule is N#Cc1cnc2ncc(Br)n2c1. The minimum atomic E-state index is 0.515. The zero-order valence-electron chi connectivity index (χ0n) is 5.90. The van der Waals surface area contributed by atoms with Crippen LogP contribution >= 0.6 is 15.9 Å². The van der Waals surface area contributed by atoms with Gasteiger partial charge in [0.15, 0.2) is 0 Å². The fourth-order valence-electron chi connectivity index (χ4n) is 0.903. The molecule has 0 unspecified atom stereocenters. The molecule has 2 aromatic heterocycles. The summed E-state index contributed by atoms with van der Waals surface area (Å²) < 4.78 is 2.50. The molecule has 0 aliphatic heterocycles. The molecule has 0 aliphatic carbocycles. The van der Waals surface area contributed by atoms with Gasteiger partial charge in [0, 0.05) is 6.20 Å². The van der Waals surface area contributed by atoms with E-state index in [4.69, 9.17) is 5.26 Å². The van der Waals surface area contributed by atoms with Crippen molar-refractivity contribution in [3.63, 3.8) is 0 Å². The van der Waals surface area contributed by atoms with Crippen LogP contribution in [0, 0.1) is 11.3 Å². The van der Waals surface area contributed by atoms with Crippen molar-refractivity contribution in [3.8, 4) is 6.07 Å². The number of halogens is 1. The first kappa shape index (κ1) is 7.25. The summed E-state index contributed by atoms with van der Waals surface area (Å²) in [6.07, 6.45) is 4.82. The van der Waals surface area contributed by atoms with Crippen molar-refractivity contribution in [1.82, 2.24) is 14.4 Å². The number of nitrogens with zero attached hydrogens (tertiary/aromatic N) is 4. The van der Waals surface area contributed by atoms with E-state index >= 15 is 0 Å². The zero-order valence-corrected chi connectivity index (χ0v) is 7.48. The number of imidazole rings is 1. The van der Waals surface area contributed by atoms with Gasteiger partial charge < -0.3 is 0 Å². The number of hydrogen-bond acceptors (Lipinski definition) is 3. The van der Waals surface area contributed by atoms with Crippen molar-refractivity contribution in [3.05, 3.63) is 28.8 Å². The first-order chi connectivity index (χ1) is 5.81. The predicted octanol–water partition coefficient (Wildman–Crippen LogP) is 1.36. The van der Waals surface area contributed by atoms with Crippen LogP contribution in [0.3, 0.4) is 0 Å². The Bertz CT molecular complexity index is 468. The minimum absolute atomic E-state index is 0.515. The second kappa shape index (κ2) is 2.57. The van der Waals surface area contributed by atoms with E-state index in [2.05, 4.69) is 25.9 Å². The molecule has 0 saturated heterocycles. The van der Waals surface area contributed by atoms with Gasteiger partial charge >= 0.3 is 0 Å². The third kappa shape index (κ3) is 0.970. The van der Waals surface area contributed by atoms with Gasteiger partial charge in [0.2, 0.25) is 5.78 Å². The van der Waals surface area contributed by atoms with E-state index in [0.717, 1.165) is 4.60 Å². The van der Waals surface area contributed by atoms with Crippen LogP contribution in [-0.2, 0) is 0 Å². The van der Waals surface area contributed by atoms with Crippen molar-refractivity contribution in [2.75, 3.05) is 0 Å². The molecule has 0 aliphatic rings. The van der Waals surface area contributed by atoms with Crippen molar-refractivity contribution in [2.45, 2.75) is 0 Å². The summed E-state index contributed by atoms with van der Waals surface area (Å²) in [4.78, 5) is 7.96. The summed E-state index contributed by atoms with van der Waals surface area (Å²) in [5.41, 5.74) is 0.515. The fourth-order valence-corrected chi connectivity index (χ4v) is 1.27. The Balaban J connectivity index is 2.82. The Labute approximate surface area is 76.6 Å². The molecule has 0 radical (unpaired) electrons. The molecule has 0 atom stereocenters. The fraction of sp³-hybridized carbons (Fsp3) is 0. The molecular formula is C7H3BrN4. The third-order valence-electron chi connectivity index (χ3n) is 1.45. The molecule has 0 N–H and O–H groups in total. The van der Waals surface area contributed by atoms with Gasteiger partial charge in [0.05, 0.1) is 18.0 Å². The Kier molecular flexibility index (Phi) is 1.55. The minimum Gasteiger partial charge on any atom is -0.277 e. The maximum absolute atomic E-state index is 8.59. The quantitative estimate of drug-likeness (QED) is 0.677. The average Bonchev–Trinajstić information content (AvgIpc) is 2.47. The van der Waals surface area contributed by atoms with Gasteiger partial charge in [0.1, 0.15) is 10.7 Å². The molecule has 0 fully saturated rings. The number of nitriles is 1. The van der Waals surface area contributed by atoms with Gasteiger partial charge in [0.25, 0.3) is 0 Å². The van der Waals surface area contributed by atoms with E-state index in [1.165, 1.54) is 6.20 Å². The van der Waals surface area contributed by atoms with Crippen LogP contribution in [0.4, 0.5) is 0 Å². The van der Waals surface area contributed by atoms with E-state index < -0.39 is 0 Å². The van der Waals surface area contributed by atoms with Crippen LogP contribution in [0.2, 0.25) is 0 Å². The Morgan fingerprint density at radius 3 is 2.92 bits per heavy atom. The molecule has 0 amide bonds. The third-order valence-corrected chi connectivity index (χ3v) is 2.04. The molecule has 0 bridgehead atoms. The molecule has 4 nitrogen and oxygen atoms in total. The highest BCUT2D eigenvalue weighted by Crippen LogP contribution is 2.11. The lowest BCUT2D eigenvalue weighted by atomic mass is 10.4. The summed E-state index contributed by atoms with van der Waals surface area (Å²) in [6, 6.07) is 2.00. The normalized spacial score (nSPS) is 10.0. The summed E-state index contributed by atoms with van der Waals surface area (Å²) in [6.45, 7) is 0. The van der Waals surface area contributed by atoms with E-state index in [0.29, 0.717) is 11.3 Å². The van der Waals surface area contributed by atoms with Crippen LogP contribution < -0.4 is 0 Å². The Morgan fingerprint density at radius 1 is 1.42 bits per heavy atom. The highest BCUT2D eigenvalue weighted by atomic mass is 79.9. The molecule has 5 heteroatoms. The lowest BCUT2D eigenvalue weighted by molar-refractivity contribution is 1.08. The number of hydrogen-bond donors (Lipinski definition) is 0. The van der Waals surface area contributed by atoms with Crippen molar-refractivity contribution in [1.29, 1.82) is 5.26 Å². The molecule has 12 heavy (non-hydrogen) atoms. The maximum Gasteiger partial charge on any atom is 0.234 e. The topological polar surface area (TPSA) is 54.0 Å². The van der Waals surface area contributed by atoms with Crippen LogP contribution in [0.25, 0.3) is 5.78 Å². The number of fused-ring (bicyclic) bond motifs is 1. The van der Waals surface area contributed by atoms with Crippen LogP contribution in [0.5, 0.6) is 0 Å². The van der Waals surface area contributed by atoms with Gasteiger partial charge in [-0.15, -0.1) is 0 Å². The van der Waals surface area contributed by atoms with E-state index in [-0.39, 0.29) is 0 Å². The highest BCUT2D eigenvalue weighted by Gasteiger charge is 2.00. The molecule has 58 valence electrons. The van der Waals surface area contributed by atoms with Crippen LogP contribution in [0.1, 0.15) is 5.56 Å². The van der Waals surface area contributed by atoms with E-state index in [1.807, 2.05) is 6.07 Å². The summed E-state index contributed by atoms with van der Waals surface area (Å²) >= 11 is 3.28. The van der Waals surface area contributed by atoms with Gasteiger partial charge in [-0.2, -0.15) is 5.26 Å². The number of aromatic nitrogens is 3. The molecule has 0 saturated carbocycles. The second-order valence-electron chi connectivity index (χ2n) is 2.21. The molecule has 0 aromatic carbocycles. The lowest BCUT2D eigenvalue weighted by Gasteiger charge is -1.92. The van der Waals surface area contributed by atoms with Crippen LogP contribution in [-0.4, -0.2) is 14.4 Å². The molecule has 2 heterocycles. The van der Waals surface area contributed by atoms with Crippen LogP contribution in [0.15, 0.2) is 23.2 Å². The first-order valence-electron chi connectivity index (χ1n) is 3.20. The smallest absolute Gasteiger partial charge is 0.234 e. The van der Waals surface area contributed by atoms with Crippen molar-refractivity contribution < 1.29 is 0 Å². The van der Waals surface area contributed by atoms with E-state index in [9.17, 15) is 0 Å². The van der Waals surface area contributed by atoms with Gasteiger partial charge in [-0.25, -0.2) is 9.97 Å². The highest BCUT2D eigenvalue weighted by molar-refractivity contribution is 9.10. The predicted molar refractivity (Wildman–Crippen MR) is 45.4 cm³/mol. The van der Waals surface area contributed by atoms with Gasteiger partial charge in [-0.3, -0.25) is 4.40 Å². The van der Waals surface area contributed by atoms with Gasteiger partial charge in [-0.1, -0.05) is 0 Å². The largest absolute Gasteiger partial charge is 0.277 e. The standard InChI is InChI=1S/C7H3BrN4/c8-6-3-11-7-10-2-5(1-9)4-12(6)7/h2-4H. The average molecular weight is 223 g/mol. The molecule has 0 spiro atoms. The first-order valence-corrected chi connectivity index (χ1v) is 3.99. The van der Waals surface area contributed by atoms with Gasteiger partial charge in [-0.05, 0) is 15.9 Å². The second-order valence-corrected chi connectivity index (χ2v) is 3.02. The van der Waals surface area contributed by atoms with Crippen molar-refractivity contribution >= 4 is 21.7 Å². The lowest BCUT2D eigenvalue weighted by Crippen LogP contribution is -1.89. The summed E-state index contributed by atoms with van der Waals surface area (Å²) in [5.74, 6) is 0.584. The summed E-state index contributed by atoms with van der Waals surface area (Å²) in [7, 11) is 0. The van der Waals surface area contributed by atoms with Crippen molar-refractivity contribution in [2.24, 2.45) is 0 Å². The number of rotatable bonds is 0. The summed E-state index contributed by atoms with van der Waals surface area (Å²) in [5, 5.41) is 8.59. The zero-order chi connectivity index (χ0) is 8.55.